The number of fused-ring (bicyclic) bond motifs is 2. The molecule has 0 atom stereocenters. The van der Waals surface area contributed by atoms with Crippen LogP contribution in [0.2, 0.25) is 0 Å². The molecule has 0 radical (unpaired) electrons. The number of rotatable bonds is 5. The monoisotopic (exact) mass is 372 g/mol. The molecule has 0 saturated heterocycles. The van der Waals surface area contributed by atoms with Crippen LogP contribution in [0.5, 0.6) is 5.75 Å². The molecule has 2 aliphatic carbocycles. The van der Waals surface area contributed by atoms with Gasteiger partial charge in [0.25, 0.3) is 0 Å². The Kier molecular flexibility index (Phi) is 4.71. The first kappa shape index (κ1) is 18.4. The van der Waals surface area contributed by atoms with Crippen molar-refractivity contribution in [2.24, 2.45) is 5.92 Å². The Hall–Kier alpha value is -1.94. The molecule has 2 nitrogen and oxygen atoms in total. The van der Waals surface area contributed by atoms with Crippen molar-refractivity contribution >= 4 is 0 Å². The maximum atomic E-state index is 15.3. The molecule has 27 heavy (non-hydrogen) atoms. The van der Waals surface area contributed by atoms with Crippen molar-refractivity contribution in [3.8, 4) is 5.75 Å². The average molecular weight is 372 g/mol. The summed E-state index contributed by atoms with van der Waals surface area (Å²) < 4.78 is 35.3. The predicted octanol–water partition coefficient (Wildman–Crippen LogP) is 5.43. The lowest BCUT2D eigenvalue weighted by Gasteiger charge is -2.37. The Morgan fingerprint density at radius 2 is 1.81 bits per heavy atom. The van der Waals surface area contributed by atoms with Crippen LogP contribution >= 0.6 is 0 Å². The van der Waals surface area contributed by atoms with Gasteiger partial charge in [0.1, 0.15) is 17.4 Å². The minimum Gasteiger partial charge on any atom is -0.494 e. The molecule has 0 aromatic heterocycles. The highest BCUT2D eigenvalue weighted by Crippen LogP contribution is 2.42. The van der Waals surface area contributed by atoms with Gasteiger partial charge in [-0.3, -0.25) is 0 Å². The van der Waals surface area contributed by atoms with Crippen molar-refractivity contribution in [2.75, 3.05) is 6.61 Å². The zero-order valence-corrected chi connectivity index (χ0v) is 15.9. The highest BCUT2D eigenvalue weighted by Gasteiger charge is 2.37. The van der Waals surface area contributed by atoms with Gasteiger partial charge in [0.05, 0.1) is 12.2 Å². The van der Waals surface area contributed by atoms with E-state index in [2.05, 4.69) is 6.92 Å². The first-order valence-electron chi connectivity index (χ1n) is 10.0. The maximum Gasteiger partial charge on any atom is 0.137 e. The summed E-state index contributed by atoms with van der Waals surface area (Å²) in [6.45, 7) is 4.46. The lowest BCUT2D eigenvalue weighted by Crippen LogP contribution is -2.32. The van der Waals surface area contributed by atoms with Crippen molar-refractivity contribution in [3.05, 3.63) is 62.3 Å². The van der Waals surface area contributed by atoms with E-state index in [0.29, 0.717) is 57.6 Å². The van der Waals surface area contributed by atoms with Crippen molar-refractivity contribution in [1.82, 2.24) is 0 Å². The summed E-state index contributed by atoms with van der Waals surface area (Å²) >= 11 is 0. The van der Waals surface area contributed by atoms with Gasteiger partial charge in [-0.25, -0.2) is 8.78 Å². The summed E-state index contributed by atoms with van der Waals surface area (Å²) in [7, 11) is 0. The van der Waals surface area contributed by atoms with Gasteiger partial charge >= 0.3 is 0 Å². The molecule has 1 saturated carbocycles. The standard InChI is InChI=1S/C23H26F2O2/c1-3-5-14-8-10-23(26,11-9-14)18-7-6-16-17-12-15(27-4-2)13-19(24)20(17)21(16)22(18)25/h6-7,12-14,26H,3-5,8-11H2,1-2H3. The molecule has 0 spiro atoms. The molecular weight excluding hydrogens is 346 g/mol. The zero-order valence-electron chi connectivity index (χ0n) is 15.9. The van der Waals surface area contributed by atoms with Crippen LogP contribution in [-0.4, -0.2) is 11.7 Å². The Bertz CT molecular complexity index is 1050. The molecule has 2 aromatic carbocycles. The number of halogens is 2. The van der Waals surface area contributed by atoms with E-state index in [1.165, 1.54) is 6.07 Å². The van der Waals surface area contributed by atoms with E-state index in [1.807, 2.05) is 6.92 Å². The normalized spacial score (nSPS) is 23.4. The van der Waals surface area contributed by atoms with Gasteiger partial charge in [-0.2, -0.15) is 0 Å². The summed E-state index contributed by atoms with van der Waals surface area (Å²) in [4.78, 5) is 0. The molecule has 1 N–H and O–H groups in total. The lowest BCUT2D eigenvalue weighted by molar-refractivity contribution is -0.0182. The molecular formula is C23H26F2O2. The number of ether oxygens (including phenoxy) is 1. The summed E-state index contributed by atoms with van der Waals surface area (Å²) in [6, 6.07) is 6.56. The predicted molar refractivity (Wildman–Crippen MR) is 100 cm³/mol. The second-order valence-corrected chi connectivity index (χ2v) is 7.87. The fraction of sp³-hybridized carbons (Fsp3) is 0.478. The molecule has 4 rings (SSSR count). The van der Waals surface area contributed by atoms with Gasteiger partial charge in [0.2, 0.25) is 0 Å². The molecule has 0 aliphatic heterocycles. The van der Waals surface area contributed by atoms with Crippen LogP contribution in [0, 0.1) is 38.4 Å². The van der Waals surface area contributed by atoms with Crippen LogP contribution in [0.1, 0.15) is 57.9 Å². The minimum atomic E-state index is -1.15. The van der Waals surface area contributed by atoms with Crippen LogP contribution in [-0.2, 0) is 5.60 Å². The quantitative estimate of drug-likeness (QED) is 0.647. The molecule has 144 valence electrons. The fourth-order valence-corrected chi connectivity index (χ4v) is 4.76. The number of hydrogen-bond donors (Lipinski definition) is 1. The lowest BCUT2D eigenvalue weighted by atomic mass is 9.73. The van der Waals surface area contributed by atoms with E-state index in [4.69, 9.17) is 4.74 Å². The third-order valence-corrected chi connectivity index (χ3v) is 6.19. The Morgan fingerprint density at radius 3 is 2.48 bits per heavy atom. The molecule has 2 aliphatic rings. The molecule has 0 bridgehead atoms. The van der Waals surface area contributed by atoms with E-state index in [1.54, 1.807) is 18.2 Å². The second kappa shape index (κ2) is 6.90. The summed E-state index contributed by atoms with van der Waals surface area (Å²) in [5, 5.41) is 13.1. The highest BCUT2D eigenvalue weighted by atomic mass is 19.1. The molecule has 4 heteroatoms. The van der Waals surface area contributed by atoms with Gasteiger partial charge in [-0.15, -0.1) is 0 Å². The zero-order chi connectivity index (χ0) is 19.2. The van der Waals surface area contributed by atoms with Gasteiger partial charge in [0.15, 0.2) is 0 Å². The minimum absolute atomic E-state index is 0.298. The molecule has 2 aromatic rings. The van der Waals surface area contributed by atoms with Gasteiger partial charge in [-0.1, -0.05) is 31.9 Å². The first-order valence-corrected chi connectivity index (χ1v) is 10.0. The number of benzene rings is 2. The van der Waals surface area contributed by atoms with Crippen LogP contribution < -0.4 is 4.74 Å². The molecule has 1 fully saturated rings. The Morgan fingerprint density at radius 1 is 1.07 bits per heavy atom. The van der Waals surface area contributed by atoms with Gasteiger partial charge < -0.3 is 9.84 Å². The summed E-state index contributed by atoms with van der Waals surface area (Å²) in [6.07, 6.45) is 5.23. The third kappa shape index (κ3) is 2.94. The van der Waals surface area contributed by atoms with Crippen molar-refractivity contribution in [3.63, 3.8) is 0 Å². The first-order chi connectivity index (χ1) is 13.0. The second-order valence-electron chi connectivity index (χ2n) is 7.87. The average Bonchev–Trinajstić information content (AvgIpc) is 2.62. The molecule has 0 amide bonds. The van der Waals surface area contributed by atoms with E-state index < -0.39 is 17.2 Å². The molecule has 0 heterocycles. The van der Waals surface area contributed by atoms with Crippen LogP contribution in [0.3, 0.4) is 0 Å². The Balaban J connectivity index is 1.77. The van der Waals surface area contributed by atoms with Crippen LogP contribution in [0.4, 0.5) is 8.78 Å². The van der Waals surface area contributed by atoms with E-state index in [9.17, 15) is 9.50 Å². The summed E-state index contributed by atoms with van der Waals surface area (Å²) in [5.41, 5.74) is -0.837. The van der Waals surface area contributed by atoms with E-state index in [0.717, 1.165) is 25.7 Å². The van der Waals surface area contributed by atoms with Gasteiger partial charge in [-0.05, 0) is 55.0 Å². The largest absolute Gasteiger partial charge is 0.494 e. The smallest absolute Gasteiger partial charge is 0.137 e. The van der Waals surface area contributed by atoms with Crippen LogP contribution in [0.15, 0.2) is 24.3 Å². The van der Waals surface area contributed by atoms with Crippen LogP contribution in [0.25, 0.3) is 0 Å². The Labute approximate surface area is 157 Å². The van der Waals surface area contributed by atoms with Crippen molar-refractivity contribution in [2.45, 2.75) is 58.0 Å². The highest BCUT2D eigenvalue weighted by molar-refractivity contribution is 5.39. The third-order valence-electron chi connectivity index (χ3n) is 6.19. The maximum absolute atomic E-state index is 15.3. The topological polar surface area (TPSA) is 29.5 Å². The van der Waals surface area contributed by atoms with E-state index >= 15 is 4.39 Å². The number of hydrogen-bond acceptors (Lipinski definition) is 2. The van der Waals surface area contributed by atoms with Crippen molar-refractivity contribution in [1.29, 1.82) is 0 Å². The summed E-state index contributed by atoms with van der Waals surface area (Å²) in [5.74, 6) is 0.120. The SMILES string of the molecule is CCCC1CCC(O)(c2ccc3c(c2F)=c2c(F)cc(OCC)cc2=3)CC1. The molecule has 0 unspecified atom stereocenters. The fourth-order valence-electron chi connectivity index (χ4n) is 4.76. The van der Waals surface area contributed by atoms with E-state index in [-0.39, 0.29) is 0 Å². The number of aliphatic hydroxyl groups is 1. The van der Waals surface area contributed by atoms with Crippen molar-refractivity contribution < 1.29 is 18.6 Å². The van der Waals surface area contributed by atoms with Gasteiger partial charge in [0, 0.05) is 22.1 Å².